The van der Waals surface area contributed by atoms with Crippen LogP contribution in [-0.2, 0) is 9.59 Å². The highest BCUT2D eigenvalue weighted by atomic mass is 35.5. The number of carbonyl (C=O) groups excluding carboxylic acids is 2. The van der Waals surface area contributed by atoms with Crippen molar-refractivity contribution >= 4 is 46.6 Å². The number of guanidine groups is 4. The fraction of sp³-hybridized carbons (Fsp3) is 0.677. The number of halogens is 1. The summed E-state index contributed by atoms with van der Waals surface area (Å²) >= 11 is 4.87. The van der Waals surface area contributed by atoms with Gasteiger partial charge >= 0.3 is 0 Å². The summed E-state index contributed by atoms with van der Waals surface area (Å²) in [5, 5.41) is 2.33. The molecule has 1 amide bonds. The Morgan fingerprint density at radius 1 is 0.750 bits per heavy atom. The molecule has 0 rings (SSSR count). The first kappa shape index (κ1) is 45.0. The van der Waals surface area contributed by atoms with E-state index in [1.54, 1.807) is 6.92 Å². The second-order valence-corrected chi connectivity index (χ2v) is 10.3. The van der Waals surface area contributed by atoms with Crippen molar-refractivity contribution in [2.24, 2.45) is 42.9 Å². The predicted octanol–water partition coefficient (Wildman–Crippen LogP) is 4.92. The minimum Gasteiger partial charge on any atom is -0.370 e. The van der Waals surface area contributed by atoms with E-state index in [1.807, 2.05) is 0 Å². The van der Waals surface area contributed by atoms with Crippen molar-refractivity contribution in [3.8, 4) is 0 Å². The van der Waals surface area contributed by atoms with Gasteiger partial charge in [0, 0.05) is 31.8 Å². The average Bonchev–Trinajstić information content (AvgIpc) is 2.98. The Bertz CT molecular complexity index is 881. The second-order valence-electron chi connectivity index (χ2n) is 9.95. The number of rotatable bonds is 18. The molecule has 0 saturated carbocycles. The normalized spacial score (nSPS) is 11.9. The molecule has 0 saturated heterocycles. The van der Waals surface area contributed by atoms with Crippen LogP contribution in [0.5, 0.6) is 0 Å². The Hall–Kier alpha value is -3.41. The molecule has 12 nitrogen and oxygen atoms in total. The summed E-state index contributed by atoms with van der Waals surface area (Å²) in [5.41, 5.74) is 23.3. The van der Waals surface area contributed by atoms with Gasteiger partial charge in [-0.15, -0.1) is 0 Å². The number of aliphatic imine (C=N–C) groups is 4. The first-order chi connectivity index (χ1) is 20.9. The molecule has 0 radical (unpaired) electrons. The maximum Gasteiger partial charge on any atom is 0.252 e. The van der Waals surface area contributed by atoms with E-state index in [1.165, 1.54) is 36.7 Å². The van der Waals surface area contributed by atoms with Gasteiger partial charge in [-0.05, 0) is 50.3 Å². The summed E-state index contributed by atoms with van der Waals surface area (Å²) in [6.45, 7) is 19.5. The van der Waals surface area contributed by atoms with Gasteiger partial charge in [0.25, 0.3) is 5.91 Å². The Labute approximate surface area is 271 Å². The molecule has 0 aliphatic heterocycles. The summed E-state index contributed by atoms with van der Waals surface area (Å²) in [6.07, 6.45) is 14.2. The van der Waals surface area contributed by atoms with Crippen LogP contribution < -0.4 is 28.3 Å². The first-order valence-corrected chi connectivity index (χ1v) is 16.1. The smallest absolute Gasteiger partial charge is 0.252 e. The van der Waals surface area contributed by atoms with Crippen LogP contribution in [0.3, 0.4) is 0 Å². The molecule has 44 heavy (non-hydrogen) atoms. The Kier molecular flexibility index (Phi) is 33.3. The number of allylic oxidation sites excluding steroid dienone is 1. The van der Waals surface area contributed by atoms with Gasteiger partial charge in [0.2, 0.25) is 17.2 Å². The van der Waals surface area contributed by atoms with Gasteiger partial charge in [-0.25, -0.2) is 0 Å². The van der Waals surface area contributed by atoms with Crippen molar-refractivity contribution in [2.75, 3.05) is 26.2 Å². The fourth-order valence-corrected chi connectivity index (χ4v) is 3.07. The molecule has 0 bridgehead atoms. The summed E-state index contributed by atoms with van der Waals surface area (Å²) < 4.78 is 0. The van der Waals surface area contributed by atoms with Crippen LogP contribution in [-0.4, -0.2) is 66.1 Å². The standard InChI is InChI=1S/C15H29N5O.C12H27N5.C4H5ClO/c1-4-7-9-11-18-14(16)19-15(17)20(13(21)6-3)12-10-8-5-2;1-3-5-7-9-15-11(13)17-12(14)16-10-8-6-4-2;1-3(2)4(5)6/h6H,3-5,7-12H2,1-2H3,(H4,16,17,18,19);3-10H2,1-2H3,(H5,13,14,15,16,17);1H2,2H3. The molecule has 0 aromatic rings. The molecule has 0 aromatic heterocycles. The van der Waals surface area contributed by atoms with E-state index in [-0.39, 0.29) is 17.8 Å². The average molecular weight is 641 g/mol. The van der Waals surface area contributed by atoms with E-state index in [2.05, 4.69) is 66.1 Å². The molecule has 254 valence electrons. The largest absolute Gasteiger partial charge is 0.370 e. The maximum atomic E-state index is 11.8. The highest BCUT2D eigenvalue weighted by Gasteiger charge is 2.14. The summed E-state index contributed by atoms with van der Waals surface area (Å²) in [5.74, 6) is 0.635. The van der Waals surface area contributed by atoms with Crippen molar-refractivity contribution in [1.29, 1.82) is 0 Å². The van der Waals surface area contributed by atoms with Crippen molar-refractivity contribution in [1.82, 2.24) is 10.2 Å². The van der Waals surface area contributed by atoms with Gasteiger partial charge < -0.3 is 22.9 Å². The molecule has 13 heteroatoms. The lowest BCUT2D eigenvalue weighted by atomic mass is 10.2. The van der Waals surface area contributed by atoms with Gasteiger partial charge in [-0.3, -0.25) is 34.8 Å². The topological polar surface area (TPSA) is 203 Å². The number of nitrogens with two attached hydrogens (primary N) is 4. The molecule has 0 unspecified atom stereocenters. The quantitative estimate of drug-likeness (QED) is 0.0459. The minimum absolute atomic E-state index is 0.0766. The van der Waals surface area contributed by atoms with Gasteiger partial charge in [0.1, 0.15) is 0 Å². The van der Waals surface area contributed by atoms with Crippen LogP contribution in [0.15, 0.2) is 44.8 Å². The van der Waals surface area contributed by atoms with Crippen LogP contribution in [0, 0.1) is 0 Å². The zero-order valence-corrected chi connectivity index (χ0v) is 28.8. The number of nitrogens with zero attached hydrogens (tertiary/aromatic N) is 5. The van der Waals surface area contributed by atoms with Gasteiger partial charge in [0.15, 0.2) is 11.9 Å². The molecule has 0 aliphatic rings. The molecule has 0 spiro atoms. The van der Waals surface area contributed by atoms with Crippen molar-refractivity contribution in [2.45, 2.75) is 112 Å². The first-order valence-electron chi connectivity index (χ1n) is 15.7. The Morgan fingerprint density at radius 2 is 1.14 bits per heavy atom. The molecular weight excluding hydrogens is 580 g/mol. The van der Waals surface area contributed by atoms with Gasteiger partial charge in [-0.1, -0.05) is 92.2 Å². The molecule has 0 atom stereocenters. The SMILES string of the molecule is C=C(C)C(=O)Cl.C=CC(=O)N(CCCCC)C(N)=NC(N)=NCCCCC.CCCCCN=C(N)NC(N)=NCCCCC. The minimum atomic E-state index is -0.463. The third kappa shape index (κ3) is 31.5. The van der Waals surface area contributed by atoms with Crippen LogP contribution in [0.25, 0.3) is 0 Å². The molecule has 0 fully saturated rings. The lowest BCUT2D eigenvalue weighted by molar-refractivity contribution is -0.122. The lowest BCUT2D eigenvalue weighted by Crippen LogP contribution is -2.42. The molecular formula is C31H61ClN10O2. The van der Waals surface area contributed by atoms with E-state index in [9.17, 15) is 9.59 Å². The van der Waals surface area contributed by atoms with E-state index in [0.29, 0.717) is 30.6 Å². The molecule has 9 N–H and O–H groups in total. The van der Waals surface area contributed by atoms with Crippen LogP contribution in [0.1, 0.15) is 112 Å². The monoisotopic (exact) mass is 640 g/mol. The van der Waals surface area contributed by atoms with E-state index < -0.39 is 5.24 Å². The highest BCUT2D eigenvalue weighted by molar-refractivity contribution is 6.67. The number of carbonyl (C=O) groups is 2. The molecule has 0 heterocycles. The van der Waals surface area contributed by atoms with Crippen LogP contribution >= 0.6 is 11.6 Å². The van der Waals surface area contributed by atoms with E-state index in [4.69, 9.17) is 34.5 Å². The Balaban J connectivity index is -0.000000653. The van der Waals surface area contributed by atoms with Crippen LogP contribution in [0.2, 0.25) is 0 Å². The maximum absolute atomic E-state index is 11.8. The molecule has 0 aromatic carbocycles. The number of nitrogens with one attached hydrogen (secondary N) is 1. The second kappa shape index (κ2) is 32.5. The van der Waals surface area contributed by atoms with Crippen LogP contribution in [0.4, 0.5) is 0 Å². The van der Waals surface area contributed by atoms with Crippen molar-refractivity contribution < 1.29 is 9.59 Å². The Morgan fingerprint density at radius 3 is 1.50 bits per heavy atom. The van der Waals surface area contributed by atoms with Gasteiger partial charge in [0.05, 0.1) is 0 Å². The number of hydrogen-bond acceptors (Lipinski definition) is 5. The number of unbranched alkanes of at least 4 members (excludes halogenated alkanes) is 8. The van der Waals surface area contributed by atoms with Crippen molar-refractivity contribution in [3.63, 3.8) is 0 Å². The summed E-state index contributed by atoms with van der Waals surface area (Å²) in [6, 6.07) is 0. The third-order valence-electron chi connectivity index (χ3n) is 5.65. The van der Waals surface area contributed by atoms with Gasteiger partial charge in [-0.2, -0.15) is 4.99 Å². The third-order valence-corrected chi connectivity index (χ3v) is 5.97. The summed E-state index contributed by atoms with van der Waals surface area (Å²) in [4.78, 5) is 39.5. The zero-order valence-electron chi connectivity index (χ0n) is 28.0. The number of amides is 1. The molecule has 0 aliphatic carbocycles. The number of hydrogen-bond donors (Lipinski definition) is 5. The fourth-order valence-electron chi connectivity index (χ4n) is 3.07. The summed E-state index contributed by atoms with van der Waals surface area (Å²) in [7, 11) is 0. The van der Waals surface area contributed by atoms with E-state index in [0.717, 1.165) is 64.5 Å². The lowest BCUT2D eigenvalue weighted by Gasteiger charge is -2.19. The predicted molar refractivity (Wildman–Crippen MR) is 190 cm³/mol. The zero-order chi connectivity index (χ0) is 34.2. The van der Waals surface area contributed by atoms with E-state index >= 15 is 0 Å². The highest BCUT2D eigenvalue weighted by Crippen LogP contribution is 2.01. The van der Waals surface area contributed by atoms with Crippen molar-refractivity contribution in [3.05, 3.63) is 24.8 Å².